The summed E-state index contributed by atoms with van der Waals surface area (Å²) >= 11 is 1.73. The summed E-state index contributed by atoms with van der Waals surface area (Å²) < 4.78 is 7.89. The Morgan fingerprint density at radius 2 is 2.17 bits per heavy atom. The second kappa shape index (κ2) is 6.50. The first kappa shape index (κ1) is 13.0. The number of aromatic nitrogens is 2. The number of para-hydroxylation sites is 1. The van der Waals surface area contributed by atoms with Crippen LogP contribution in [0.25, 0.3) is 0 Å². The van der Waals surface area contributed by atoms with Crippen LogP contribution in [0.15, 0.2) is 41.8 Å². The molecule has 0 spiro atoms. The number of thioether (sulfide) groups is 1. The van der Waals surface area contributed by atoms with Gasteiger partial charge in [0.25, 0.3) is 0 Å². The largest absolute Gasteiger partial charge is 0.492 e. The molecule has 0 radical (unpaired) electrons. The van der Waals surface area contributed by atoms with Crippen molar-refractivity contribution in [1.29, 1.82) is 0 Å². The van der Waals surface area contributed by atoms with E-state index in [9.17, 15) is 0 Å². The molecule has 0 saturated heterocycles. The van der Waals surface area contributed by atoms with Crippen LogP contribution < -0.4 is 4.74 Å². The molecule has 0 atom stereocenters. The van der Waals surface area contributed by atoms with Gasteiger partial charge in [-0.3, -0.25) is 0 Å². The molecule has 1 heterocycles. The Hall–Kier alpha value is -1.42. The Morgan fingerprint density at radius 1 is 1.33 bits per heavy atom. The van der Waals surface area contributed by atoms with Crippen molar-refractivity contribution in [1.82, 2.24) is 9.55 Å². The Labute approximate surface area is 112 Å². The Bertz CT molecular complexity index is 496. The molecule has 96 valence electrons. The maximum atomic E-state index is 5.75. The highest BCUT2D eigenvalue weighted by Crippen LogP contribution is 2.18. The molecule has 0 N–H and O–H groups in total. The summed E-state index contributed by atoms with van der Waals surface area (Å²) in [6, 6.07) is 8.09. The zero-order valence-corrected chi connectivity index (χ0v) is 11.6. The molecule has 4 heteroatoms. The quantitative estimate of drug-likeness (QED) is 0.590. The van der Waals surface area contributed by atoms with Gasteiger partial charge in [0, 0.05) is 24.7 Å². The number of aryl methyl sites for hydroxylation is 2. The number of hydrogen-bond donors (Lipinski definition) is 0. The van der Waals surface area contributed by atoms with E-state index in [1.807, 2.05) is 30.6 Å². The number of ether oxygens (including phenoxy) is 1. The molecule has 0 aliphatic carbocycles. The smallest absolute Gasteiger partial charge is 0.168 e. The van der Waals surface area contributed by atoms with E-state index in [4.69, 9.17) is 4.74 Å². The van der Waals surface area contributed by atoms with Crippen molar-refractivity contribution in [2.75, 3.05) is 12.4 Å². The van der Waals surface area contributed by atoms with Gasteiger partial charge >= 0.3 is 0 Å². The lowest BCUT2D eigenvalue weighted by atomic mass is 10.2. The normalized spacial score (nSPS) is 10.6. The maximum absolute atomic E-state index is 5.75. The first-order valence-electron chi connectivity index (χ1n) is 6.13. The van der Waals surface area contributed by atoms with E-state index in [1.165, 1.54) is 5.56 Å². The summed E-state index contributed by atoms with van der Waals surface area (Å²) in [6.45, 7) is 5.84. The summed E-state index contributed by atoms with van der Waals surface area (Å²) in [5.41, 5.74) is 1.18. The van der Waals surface area contributed by atoms with Gasteiger partial charge in [-0.2, -0.15) is 0 Å². The van der Waals surface area contributed by atoms with Crippen LogP contribution in [0, 0.1) is 6.92 Å². The van der Waals surface area contributed by atoms with Gasteiger partial charge in [0.15, 0.2) is 5.16 Å². The summed E-state index contributed by atoms with van der Waals surface area (Å²) in [5.74, 6) is 1.88. The monoisotopic (exact) mass is 262 g/mol. The minimum Gasteiger partial charge on any atom is -0.492 e. The van der Waals surface area contributed by atoms with Crippen molar-refractivity contribution in [2.45, 2.75) is 25.5 Å². The van der Waals surface area contributed by atoms with E-state index in [1.54, 1.807) is 11.8 Å². The van der Waals surface area contributed by atoms with Crippen LogP contribution in [0.2, 0.25) is 0 Å². The second-order valence-electron chi connectivity index (χ2n) is 3.96. The van der Waals surface area contributed by atoms with Gasteiger partial charge in [0.1, 0.15) is 5.75 Å². The van der Waals surface area contributed by atoms with Crippen molar-refractivity contribution in [3.05, 3.63) is 42.2 Å². The highest BCUT2D eigenvalue weighted by Gasteiger charge is 2.02. The third kappa shape index (κ3) is 3.29. The first-order valence-corrected chi connectivity index (χ1v) is 7.12. The predicted molar refractivity (Wildman–Crippen MR) is 75.3 cm³/mol. The van der Waals surface area contributed by atoms with E-state index in [-0.39, 0.29) is 0 Å². The van der Waals surface area contributed by atoms with Gasteiger partial charge in [0.05, 0.1) is 6.61 Å². The molecule has 18 heavy (non-hydrogen) atoms. The van der Waals surface area contributed by atoms with Gasteiger partial charge in [-0.1, -0.05) is 30.0 Å². The fourth-order valence-electron chi connectivity index (χ4n) is 1.68. The van der Waals surface area contributed by atoms with Gasteiger partial charge in [-0.05, 0) is 25.5 Å². The summed E-state index contributed by atoms with van der Waals surface area (Å²) in [7, 11) is 0. The van der Waals surface area contributed by atoms with E-state index in [0.717, 1.165) is 23.2 Å². The third-order valence-electron chi connectivity index (χ3n) is 2.68. The molecule has 1 aromatic heterocycles. The Balaban J connectivity index is 1.78. The maximum Gasteiger partial charge on any atom is 0.168 e. The number of benzene rings is 1. The lowest BCUT2D eigenvalue weighted by Gasteiger charge is -2.08. The van der Waals surface area contributed by atoms with Crippen molar-refractivity contribution < 1.29 is 4.74 Å². The lowest BCUT2D eigenvalue weighted by molar-refractivity contribution is 0.341. The first-order chi connectivity index (χ1) is 8.81. The fraction of sp³-hybridized carbons (Fsp3) is 0.357. The predicted octanol–water partition coefficient (Wildman–Crippen LogP) is 3.38. The standard InChI is InChI=1S/C14H18N2OS/c1-3-16-9-8-15-14(16)18-11-10-17-13-7-5-4-6-12(13)2/h4-9H,3,10-11H2,1-2H3. The molecule has 0 saturated carbocycles. The molecule has 0 aliphatic rings. The van der Waals surface area contributed by atoms with Crippen molar-refractivity contribution in [3.8, 4) is 5.75 Å². The third-order valence-corrected chi connectivity index (χ3v) is 3.65. The van der Waals surface area contributed by atoms with Crippen LogP contribution in [0.4, 0.5) is 0 Å². The van der Waals surface area contributed by atoms with Crippen LogP contribution in [-0.4, -0.2) is 21.9 Å². The molecule has 0 fully saturated rings. The number of rotatable bonds is 6. The Kier molecular flexibility index (Phi) is 4.70. The van der Waals surface area contributed by atoms with Crippen molar-refractivity contribution in [3.63, 3.8) is 0 Å². The molecule has 0 amide bonds. The average molecular weight is 262 g/mol. The molecular weight excluding hydrogens is 244 g/mol. The van der Waals surface area contributed by atoms with Gasteiger partial charge < -0.3 is 9.30 Å². The van der Waals surface area contributed by atoms with Crippen molar-refractivity contribution in [2.24, 2.45) is 0 Å². The molecule has 0 unspecified atom stereocenters. The summed E-state index contributed by atoms with van der Waals surface area (Å²) in [5, 5.41) is 1.06. The van der Waals surface area contributed by atoms with Crippen LogP contribution in [0.1, 0.15) is 12.5 Å². The molecular formula is C14H18N2OS. The van der Waals surface area contributed by atoms with Crippen molar-refractivity contribution >= 4 is 11.8 Å². The molecule has 0 aliphatic heterocycles. The van der Waals surface area contributed by atoms with Crippen LogP contribution >= 0.6 is 11.8 Å². The minimum atomic E-state index is 0.700. The highest BCUT2D eigenvalue weighted by molar-refractivity contribution is 7.99. The minimum absolute atomic E-state index is 0.700. The SMILES string of the molecule is CCn1ccnc1SCCOc1ccccc1C. The average Bonchev–Trinajstić information content (AvgIpc) is 2.84. The number of imidazole rings is 1. The molecule has 1 aromatic carbocycles. The molecule has 2 rings (SSSR count). The van der Waals surface area contributed by atoms with E-state index in [0.29, 0.717) is 6.61 Å². The fourth-order valence-corrected chi connectivity index (χ4v) is 2.52. The van der Waals surface area contributed by atoms with Gasteiger partial charge in [0.2, 0.25) is 0 Å². The van der Waals surface area contributed by atoms with Crippen LogP contribution in [0.3, 0.4) is 0 Å². The number of hydrogen-bond acceptors (Lipinski definition) is 3. The molecule has 2 aromatic rings. The highest BCUT2D eigenvalue weighted by atomic mass is 32.2. The van der Waals surface area contributed by atoms with Crippen LogP contribution in [-0.2, 0) is 6.54 Å². The zero-order chi connectivity index (χ0) is 12.8. The van der Waals surface area contributed by atoms with E-state index < -0.39 is 0 Å². The van der Waals surface area contributed by atoms with E-state index in [2.05, 4.69) is 29.5 Å². The summed E-state index contributed by atoms with van der Waals surface area (Å²) in [4.78, 5) is 4.32. The molecule has 3 nitrogen and oxygen atoms in total. The number of nitrogens with zero attached hydrogens (tertiary/aromatic N) is 2. The Morgan fingerprint density at radius 3 is 2.94 bits per heavy atom. The second-order valence-corrected chi connectivity index (χ2v) is 5.02. The topological polar surface area (TPSA) is 27.1 Å². The van der Waals surface area contributed by atoms with Gasteiger partial charge in [-0.25, -0.2) is 4.98 Å². The van der Waals surface area contributed by atoms with Crippen LogP contribution in [0.5, 0.6) is 5.75 Å². The lowest BCUT2D eigenvalue weighted by Crippen LogP contribution is -2.03. The summed E-state index contributed by atoms with van der Waals surface area (Å²) in [6.07, 6.45) is 3.85. The van der Waals surface area contributed by atoms with E-state index >= 15 is 0 Å². The van der Waals surface area contributed by atoms with Gasteiger partial charge in [-0.15, -0.1) is 0 Å². The molecule has 0 bridgehead atoms. The zero-order valence-electron chi connectivity index (χ0n) is 10.8.